The lowest BCUT2D eigenvalue weighted by atomic mass is 10.1. The fourth-order valence-corrected chi connectivity index (χ4v) is 3.75. The number of carbonyl (C=O) groups excluding carboxylic acids is 3. The fraction of sp³-hybridized carbons (Fsp3) is 0.333. The lowest BCUT2D eigenvalue weighted by molar-refractivity contribution is -0.142. The molecule has 2 amide bonds. The number of esters is 1. The minimum atomic E-state index is -0.814. The van der Waals surface area contributed by atoms with Gasteiger partial charge >= 0.3 is 12.1 Å². The summed E-state index contributed by atoms with van der Waals surface area (Å²) < 4.78 is 28.8. The molecule has 0 radical (unpaired) electrons. The number of methoxy groups -OCH3 is 1. The van der Waals surface area contributed by atoms with Crippen LogP contribution >= 0.6 is 11.6 Å². The second kappa shape index (κ2) is 14.7. The molecule has 38 heavy (non-hydrogen) atoms. The summed E-state index contributed by atoms with van der Waals surface area (Å²) >= 11 is 5.98. The fourth-order valence-electron chi connectivity index (χ4n) is 3.53. The van der Waals surface area contributed by atoms with Crippen LogP contribution in [0.25, 0.3) is 11.3 Å². The third-order valence-electron chi connectivity index (χ3n) is 5.70. The molecule has 0 saturated carbocycles. The van der Waals surface area contributed by atoms with E-state index in [1.807, 2.05) is 30.3 Å². The van der Waals surface area contributed by atoms with Gasteiger partial charge in [0, 0.05) is 31.5 Å². The monoisotopic (exact) mass is 547 g/mol. The number of carbonyl (C=O) groups is 3. The Morgan fingerprint density at radius 3 is 2.58 bits per heavy atom. The number of rotatable bonds is 11. The van der Waals surface area contributed by atoms with Crippen molar-refractivity contribution in [3.8, 4) is 11.3 Å². The average molecular weight is 548 g/mol. The van der Waals surface area contributed by atoms with Gasteiger partial charge in [-0.1, -0.05) is 66.6 Å². The van der Waals surface area contributed by atoms with Crippen LogP contribution in [-0.4, -0.2) is 54.8 Å². The van der Waals surface area contributed by atoms with Crippen molar-refractivity contribution in [1.82, 2.24) is 10.1 Å². The maximum atomic E-state index is 13.7. The Morgan fingerprint density at radius 1 is 1.13 bits per heavy atom. The van der Waals surface area contributed by atoms with Gasteiger partial charge in [-0.15, -0.1) is 0 Å². The molecule has 0 fully saturated rings. The molecule has 2 aromatic carbocycles. The Balaban J connectivity index is 0.00000507. The van der Waals surface area contributed by atoms with Crippen LogP contribution in [0.2, 0.25) is 5.02 Å². The van der Waals surface area contributed by atoms with Crippen LogP contribution in [0.4, 0.5) is 15.1 Å². The van der Waals surface area contributed by atoms with Gasteiger partial charge in [0.2, 0.25) is 11.8 Å². The summed E-state index contributed by atoms with van der Waals surface area (Å²) in [5, 5.41) is 6.35. The number of halogens is 2. The molecule has 0 aliphatic rings. The number of nitrogens with one attached hydrogen (secondary N) is 1. The molecular weight excluding hydrogens is 517 g/mol. The van der Waals surface area contributed by atoms with E-state index in [2.05, 4.69) is 15.2 Å². The predicted molar refractivity (Wildman–Crippen MR) is 141 cm³/mol. The maximum Gasteiger partial charge on any atom is 0.414 e. The Kier molecular flexibility index (Phi) is 11.7. The van der Waals surface area contributed by atoms with Gasteiger partial charge in [-0.25, -0.2) is 9.18 Å². The number of hydrogen-bond donors (Lipinski definition) is 1. The van der Waals surface area contributed by atoms with E-state index >= 15 is 0 Å². The lowest BCUT2D eigenvalue weighted by Crippen LogP contribution is -2.41. The number of anilines is 1. The zero-order valence-electron chi connectivity index (χ0n) is 20.4. The minimum Gasteiger partial charge on any atom is -0.469 e. The number of amides is 2. The zero-order valence-corrected chi connectivity index (χ0v) is 21.2. The molecule has 0 aliphatic carbocycles. The van der Waals surface area contributed by atoms with E-state index in [4.69, 9.17) is 20.9 Å². The van der Waals surface area contributed by atoms with Crippen LogP contribution in [0.15, 0.2) is 59.1 Å². The van der Waals surface area contributed by atoms with Crippen LogP contribution in [0, 0.1) is 5.82 Å². The van der Waals surface area contributed by atoms with Crippen LogP contribution in [0.5, 0.6) is 0 Å². The molecule has 204 valence electrons. The summed E-state index contributed by atoms with van der Waals surface area (Å²) in [4.78, 5) is 38.3. The Morgan fingerprint density at radius 2 is 1.87 bits per heavy atom. The first-order valence-electron chi connectivity index (χ1n) is 11.5. The summed E-state index contributed by atoms with van der Waals surface area (Å²) in [7, 11) is 2.81. The first-order valence-corrected chi connectivity index (χ1v) is 11.9. The summed E-state index contributed by atoms with van der Waals surface area (Å²) in [5.74, 6) is -1.22. The van der Waals surface area contributed by atoms with Crippen molar-refractivity contribution in [2.75, 3.05) is 26.1 Å². The van der Waals surface area contributed by atoms with E-state index in [-0.39, 0.29) is 56.5 Å². The quantitative estimate of drug-likeness (QED) is 0.305. The molecule has 1 aromatic heterocycles. The maximum absolute atomic E-state index is 13.7. The van der Waals surface area contributed by atoms with Crippen molar-refractivity contribution in [3.63, 3.8) is 0 Å². The second-order valence-electron chi connectivity index (χ2n) is 8.15. The number of aromatic nitrogens is 1. The van der Waals surface area contributed by atoms with E-state index < -0.39 is 23.9 Å². The molecule has 1 atom stereocenters. The smallest absolute Gasteiger partial charge is 0.414 e. The highest BCUT2D eigenvalue weighted by molar-refractivity contribution is 6.31. The van der Waals surface area contributed by atoms with Crippen LogP contribution < -0.4 is 5.32 Å². The molecule has 3 aromatic rings. The number of nitrogens with zero attached hydrogens (tertiary/aromatic N) is 2. The summed E-state index contributed by atoms with van der Waals surface area (Å²) in [5.41, 5.74) is 1.86. The van der Waals surface area contributed by atoms with Crippen molar-refractivity contribution in [1.29, 1.82) is 0 Å². The van der Waals surface area contributed by atoms with Gasteiger partial charge in [0.1, 0.15) is 18.1 Å². The van der Waals surface area contributed by atoms with Gasteiger partial charge in [0.05, 0.1) is 18.2 Å². The highest BCUT2D eigenvalue weighted by Gasteiger charge is 2.23. The first-order chi connectivity index (χ1) is 17.8. The molecule has 11 heteroatoms. The van der Waals surface area contributed by atoms with Crippen molar-refractivity contribution in [2.45, 2.75) is 39.2 Å². The second-order valence-corrected chi connectivity index (χ2v) is 8.53. The number of benzene rings is 2. The molecule has 0 spiro atoms. The van der Waals surface area contributed by atoms with Gasteiger partial charge in [-0.05, 0) is 24.5 Å². The predicted octanol–water partition coefficient (Wildman–Crippen LogP) is 5.73. The summed E-state index contributed by atoms with van der Waals surface area (Å²) in [6.07, 6.45) is -0.335. The largest absolute Gasteiger partial charge is 0.469 e. The molecule has 9 nitrogen and oxygen atoms in total. The molecule has 0 unspecified atom stereocenters. The molecule has 1 heterocycles. The molecule has 3 rings (SSSR count). The third kappa shape index (κ3) is 8.58. The SMILES string of the molecule is C.COC(=O)CC[C@@H](COC(=O)Nc1cc(-c2ccccc2)no1)N(C)C(=O)CCc1cccc(F)c1Cl. The van der Waals surface area contributed by atoms with Gasteiger partial charge in [-0.3, -0.25) is 14.9 Å². The van der Waals surface area contributed by atoms with Crippen LogP contribution in [0.3, 0.4) is 0 Å². The van der Waals surface area contributed by atoms with E-state index in [1.165, 1.54) is 24.1 Å². The number of likely N-dealkylation sites (N-methyl/N-ethyl adjacent to an activating group) is 1. The number of aryl methyl sites for hydroxylation is 1. The Labute approximate surface area is 225 Å². The van der Waals surface area contributed by atoms with E-state index in [1.54, 1.807) is 19.2 Å². The molecule has 0 aliphatic heterocycles. The van der Waals surface area contributed by atoms with Gasteiger partial charge < -0.3 is 18.9 Å². The first kappa shape index (κ1) is 30.3. The molecule has 1 N–H and O–H groups in total. The highest BCUT2D eigenvalue weighted by Crippen LogP contribution is 2.23. The van der Waals surface area contributed by atoms with E-state index in [0.29, 0.717) is 11.3 Å². The van der Waals surface area contributed by atoms with Crippen molar-refractivity contribution >= 4 is 35.5 Å². The summed E-state index contributed by atoms with van der Waals surface area (Å²) in [6.45, 7) is -0.189. The Bertz CT molecular complexity index is 1220. The number of hydrogen-bond acceptors (Lipinski definition) is 7. The molecular formula is C27H31ClFN3O6. The van der Waals surface area contributed by atoms with Crippen molar-refractivity contribution < 1.29 is 32.8 Å². The normalized spacial score (nSPS) is 11.2. The highest BCUT2D eigenvalue weighted by atomic mass is 35.5. The van der Waals surface area contributed by atoms with E-state index in [9.17, 15) is 18.8 Å². The van der Waals surface area contributed by atoms with Crippen molar-refractivity contribution in [3.05, 3.63) is 71.0 Å². The van der Waals surface area contributed by atoms with Crippen LogP contribution in [-0.2, 0) is 25.5 Å². The molecule has 0 bridgehead atoms. The average Bonchev–Trinajstić information content (AvgIpc) is 3.37. The van der Waals surface area contributed by atoms with Crippen LogP contribution in [0.1, 0.15) is 32.3 Å². The summed E-state index contributed by atoms with van der Waals surface area (Å²) in [6, 6.07) is 14.6. The standard InChI is InChI=1S/C26H27ClFN3O6.CH4/c1-31(23(32)13-11-18-9-6-10-20(28)25(18)27)19(12-14-24(33)35-2)16-36-26(34)29-22-15-21(30-37-22)17-7-4-3-5-8-17;/h3-10,15,19H,11-14,16H2,1-2H3,(H,29,34);1H4/t19-;/m0./s1. The van der Waals surface area contributed by atoms with Gasteiger partial charge in [-0.2, -0.15) is 0 Å². The van der Waals surface area contributed by atoms with Crippen molar-refractivity contribution in [2.24, 2.45) is 0 Å². The molecule has 0 saturated heterocycles. The minimum absolute atomic E-state index is 0. The zero-order chi connectivity index (χ0) is 26.8. The third-order valence-corrected chi connectivity index (χ3v) is 6.13. The topological polar surface area (TPSA) is 111 Å². The van der Waals surface area contributed by atoms with Gasteiger partial charge in [0.15, 0.2) is 0 Å². The Hall–Kier alpha value is -3.92. The van der Waals surface area contributed by atoms with Gasteiger partial charge in [0.25, 0.3) is 0 Å². The van der Waals surface area contributed by atoms with E-state index in [0.717, 1.165) is 5.56 Å². The lowest BCUT2D eigenvalue weighted by Gasteiger charge is -2.28. The number of ether oxygens (including phenoxy) is 2.